The van der Waals surface area contributed by atoms with Gasteiger partial charge in [0.2, 0.25) is 0 Å². The van der Waals surface area contributed by atoms with Crippen molar-refractivity contribution in [3.63, 3.8) is 0 Å². The first-order chi connectivity index (χ1) is 18.1. The third-order valence-electron chi connectivity index (χ3n) is 5.97. The molecular weight excluding hydrogens is 506 g/mol. The predicted molar refractivity (Wildman–Crippen MR) is 145 cm³/mol. The van der Waals surface area contributed by atoms with Crippen LogP contribution in [-0.2, 0) is 16.1 Å². The molecule has 3 atom stereocenters. The first-order valence-electron chi connectivity index (χ1n) is 12.0. The van der Waals surface area contributed by atoms with Gasteiger partial charge >= 0.3 is 0 Å². The molecule has 1 fully saturated rings. The first kappa shape index (κ1) is 25.6. The highest BCUT2D eigenvalue weighted by Gasteiger charge is 2.32. The van der Waals surface area contributed by atoms with Crippen molar-refractivity contribution >= 4 is 34.7 Å². The van der Waals surface area contributed by atoms with Crippen LogP contribution in [0.4, 0.5) is 5.69 Å². The van der Waals surface area contributed by atoms with E-state index in [1.165, 1.54) is 0 Å². The van der Waals surface area contributed by atoms with Crippen LogP contribution < -0.4 is 5.32 Å². The van der Waals surface area contributed by atoms with E-state index in [0.717, 1.165) is 26.0 Å². The number of aryl methyl sites for hydroxylation is 1. The number of anilines is 1. The van der Waals surface area contributed by atoms with Crippen molar-refractivity contribution in [1.29, 1.82) is 0 Å². The molecule has 37 heavy (non-hydrogen) atoms. The van der Waals surface area contributed by atoms with Gasteiger partial charge in [-0.1, -0.05) is 77.7 Å². The van der Waals surface area contributed by atoms with Crippen LogP contribution in [0.1, 0.15) is 50.9 Å². The van der Waals surface area contributed by atoms with E-state index in [4.69, 9.17) is 9.47 Å². The van der Waals surface area contributed by atoms with Gasteiger partial charge in [-0.05, 0) is 42.3 Å². The molecule has 0 radical (unpaired) electrons. The SMILES string of the molecule is Cc1nnc(SC[C@H]2C[C@@H](c3ccc(CO)cc3)O[C@@H](c3cccc(NC(=O)c4ccccc4)c3)O2)s1. The van der Waals surface area contributed by atoms with Gasteiger partial charge in [0.05, 0.1) is 18.8 Å². The van der Waals surface area contributed by atoms with Gasteiger partial charge in [0, 0.05) is 29.0 Å². The van der Waals surface area contributed by atoms with Gasteiger partial charge in [-0.25, -0.2) is 0 Å². The van der Waals surface area contributed by atoms with Crippen molar-refractivity contribution < 1.29 is 19.4 Å². The van der Waals surface area contributed by atoms with E-state index in [0.29, 0.717) is 23.4 Å². The van der Waals surface area contributed by atoms with Crippen molar-refractivity contribution in [3.8, 4) is 0 Å². The number of amides is 1. The van der Waals surface area contributed by atoms with Crippen LogP contribution in [0.2, 0.25) is 0 Å². The van der Waals surface area contributed by atoms with Crippen LogP contribution in [0, 0.1) is 6.92 Å². The maximum atomic E-state index is 12.7. The van der Waals surface area contributed by atoms with E-state index >= 15 is 0 Å². The molecule has 9 heteroatoms. The number of aliphatic hydroxyl groups excluding tert-OH is 1. The number of aliphatic hydroxyl groups is 1. The number of ether oxygens (including phenoxy) is 2. The topological polar surface area (TPSA) is 93.6 Å². The molecule has 0 saturated carbocycles. The van der Waals surface area contributed by atoms with Gasteiger partial charge < -0.3 is 19.9 Å². The number of thioether (sulfide) groups is 1. The second kappa shape index (κ2) is 12.0. The molecule has 1 amide bonds. The molecule has 0 unspecified atom stereocenters. The Labute approximate surface area is 223 Å². The van der Waals surface area contributed by atoms with Crippen LogP contribution in [0.15, 0.2) is 83.2 Å². The Bertz CT molecular complexity index is 1330. The van der Waals surface area contributed by atoms with Crippen LogP contribution in [0.25, 0.3) is 0 Å². The number of carbonyl (C=O) groups excluding carboxylic acids is 1. The number of nitrogens with zero attached hydrogens (tertiary/aromatic N) is 2. The minimum absolute atomic E-state index is 0.000432. The number of hydrogen-bond donors (Lipinski definition) is 2. The van der Waals surface area contributed by atoms with E-state index in [-0.39, 0.29) is 24.7 Å². The Kier molecular flexibility index (Phi) is 8.28. The van der Waals surface area contributed by atoms with Gasteiger partial charge in [0.25, 0.3) is 5.91 Å². The second-order valence-electron chi connectivity index (χ2n) is 8.69. The highest BCUT2D eigenvalue weighted by Crippen LogP contribution is 2.40. The van der Waals surface area contributed by atoms with E-state index in [9.17, 15) is 9.90 Å². The molecule has 0 aliphatic carbocycles. The lowest BCUT2D eigenvalue weighted by Crippen LogP contribution is -2.31. The Morgan fingerprint density at radius 2 is 1.84 bits per heavy atom. The summed E-state index contributed by atoms with van der Waals surface area (Å²) in [5, 5.41) is 21.6. The average molecular weight is 534 g/mol. The number of aromatic nitrogens is 2. The number of rotatable bonds is 8. The van der Waals surface area contributed by atoms with Crippen LogP contribution in [0.3, 0.4) is 0 Å². The molecule has 1 aliphatic heterocycles. The third kappa shape index (κ3) is 6.63. The summed E-state index contributed by atoms with van der Waals surface area (Å²) in [6.45, 7) is 1.94. The quantitative estimate of drug-likeness (QED) is 0.271. The molecule has 190 valence electrons. The summed E-state index contributed by atoms with van der Waals surface area (Å²) >= 11 is 3.20. The summed E-state index contributed by atoms with van der Waals surface area (Å²) in [5.74, 6) is 0.538. The normalized spacial score (nSPS) is 19.5. The fourth-order valence-corrected chi connectivity index (χ4v) is 5.94. The predicted octanol–water partition coefficient (Wildman–Crippen LogP) is 5.93. The second-order valence-corrected chi connectivity index (χ2v) is 11.1. The standard InChI is InChI=1S/C28H27N3O4S2/c1-18-30-31-28(37-18)36-17-24-15-25(20-12-10-19(16-32)11-13-20)35-27(34-24)22-8-5-9-23(14-22)29-26(33)21-6-3-2-4-7-21/h2-14,24-25,27,32H,15-17H2,1H3,(H,29,33)/t24-,25+,27+/m1/s1. The zero-order valence-electron chi connectivity index (χ0n) is 20.2. The summed E-state index contributed by atoms with van der Waals surface area (Å²) in [6.07, 6.45) is -0.190. The molecule has 1 saturated heterocycles. The summed E-state index contributed by atoms with van der Waals surface area (Å²) in [4.78, 5) is 12.7. The Morgan fingerprint density at radius 3 is 2.57 bits per heavy atom. The first-order valence-corrected chi connectivity index (χ1v) is 13.8. The maximum Gasteiger partial charge on any atom is 0.255 e. The van der Waals surface area contributed by atoms with Crippen molar-refractivity contribution in [2.24, 2.45) is 0 Å². The molecule has 7 nitrogen and oxygen atoms in total. The lowest BCUT2D eigenvalue weighted by molar-refractivity contribution is -0.245. The molecule has 2 heterocycles. The minimum atomic E-state index is -0.605. The molecule has 5 rings (SSSR count). The van der Waals surface area contributed by atoms with E-state index in [2.05, 4.69) is 15.5 Å². The monoisotopic (exact) mass is 533 g/mol. The highest BCUT2D eigenvalue weighted by atomic mass is 32.2. The summed E-state index contributed by atoms with van der Waals surface area (Å²) < 4.78 is 13.7. The molecule has 0 spiro atoms. The van der Waals surface area contributed by atoms with E-state index in [1.54, 1.807) is 35.2 Å². The minimum Gasteiger partial charge on any atom is -0.392 e. The lowest BCUT2D eigenvalue weighted by atomic mass is 10.0. The summed E-state index contributed by atoms with van der Waals surface area (Å²) in [5.41, 5.74) is 3.97. The lowest BCUT2D eigenvalue weighted by Gasteiger charge is -2.36. The number of benzene rings is 3. The van der Waals surface area contributed by atoms with Gasteiger partial charge in [-0.3, -0.25) is 4.79 Å². The van der Waals surface area contributed by atoms with Crippen LogP contribution in [-0.4, -0.2) is 33.1 Å². The molecule has 1 aliphatic rings. The maximum absolute atomic E-state index is 12.7. The van der Waals surface area contributed by atoms with Crippen LogP contribution in [0.5, 0.6) is 0 Å². The van der Waals surface area contributed by atoms with E-state index < -0.39 is 6.29 Å². The largest absolute Gasteiger partial charge is 0.392 e. The average Bonchev–Trinajstić information content (AvgIpc) is 3.37. The van der Waals surface area contributed by atoms with E-state index in [1.807, 2.05) is 73.7 Å². The van der Waals surface area contributed by atoms with Crippen molar-refractivity contribution in [2.75, 3.05) is 11.1 Å². The number of carbonyl (C=O) groups is 1. The highest BCUT2D eigenvalue weighted by molar-refractivity contribution is 8.01. The number of hydrogen-bond acceptors (Lipinski definition) is 8. The summed E-state index contributed by atoms with van der Waals surface area (Å²) in [7, 11) is 0. The van der Waals surface area contributed by atoms with Crippen molar-refractivity contribution in [2.45, 2.75) is 42.8 Å². The zero-order chi connectivity index (χ0) is 25.6. The molecule has 2 N–H and O–H groups in total. The Balaban J connectivity index is 1.35. The fourth-order valence-electron chi connectivity index (χ4n) is 4.08. The van der Waals surface area contributed by atoms with Gasteiger partial charge in [-0.15, -0.1) is 10.2 Å². The molecule has 0 bridgehead atoms. The Morgan fingerprint density at radius 1 is 1.03 bits per heavy atom. The van der Waals surface area contributed by atoms with Gasteiger partial charge in [0.1, 0.15) is 5.01 Å². The molecule has 3 aromatic carbocycles. The fraction of sp³-hybridized carbons (Fsp3) is 0.250. The summed E-state index contributed by atoms with van der Waals surface area (Å²) in [6, 6.07) is 24.5. The number of nitrogens with one attached hydrogen (secondary N) is 1. The molecular formula is C28H27N3O4S2. The smallest absolute Gasteiger partial charge is 0.255 e. The van der Waals surface area contributed by atoms with Crippen LogP contribution >= 0.6 is 23.1 Å². The molecule has 4 aromatic rings. The van der Waals surface area contributed by atoms with Gasteiger partial charge in [-0.2, -0.15) is 0 Å². The zero-order valence-corrected chi connectivity index (χ0v) is 21.9. The molecule has 1 aromatic heterocycles. The Hall–Kier alpha value is -3.08. The van der Waals surface area contributed by atoms with Gasteiger partial charge in [0.15, 0.2) is 10.6 Å². The third-order valence-corrected chi connectivity index (χ3v) is 8.07. The van der Waals surface area contributed by atoms with Crippen molar-refractivity contribution in [3.05, 3.63) is 106 Å². The van der Waals surface area contributed by atoms with Crippen molar-refractivity contribution in [1.82, 2.24) is 10.2 Å².